The van der Waals surface area contributed by atoms with Crippen molar-refractivity contribution < 1.29 is 14.6 Å². The van der Waals surface area contributed by atoms with E-state index < -0.39 is 0 Å². The fraction of sp³-hybridized carbons (Fsp3) is 0.647. The van der Waals surface area contributed by atoms with Gasteiger partial charge < -0.3 is 14.6 Å². The van der Waals surface area contributed by atoms with E-state index in [1.165, 1.54) is 5.56 Å². The molecule has 2 fully saturated rings. The number of benzene rings is 1. The predicted octanol–water partition coefficient (Wildman–Crippen LogP) is 2.06. The van der Waals surface area contributed by atoms with Gasteiger partial charge in [-0.25, -0.2) is 0 Å². The average Bonchev–Trinajstić information content (AvgIpc) is 2.94. The number of methoxy groups -OCH3 is 1. The molecule has 3 atom stereocenters. The first-order chi connectivity index (χ1) is 10.3. The van der Waals surface area contributed by atoms with Gasteiger partial charge >= 0.3 is 0 Å². The van der Waals surface area contributed by atoms with Crippen molar-refractivity contribution in [2.45, 2.75) is 38.0 Å². The molecule has 1 saturated carbocycles. The van der Waals surface area contributed by atoms with E-state index in [1.54, 1.807) is 7.11 Å². The van der Waals surface area contributed by atoms with Gasteiger partial charge in [-0.05, 0) is 30.5 Å². The van der Waals surface area contributed by atoms with Crippen LogP contribution in [0, 0.1) is 5.92 Å². The first-order valence-corrected chi connectivity index (χ1v) is 7.90. The summed E-state index contributed by atoms with van der Waals surface area (Å²) in [4.78, 5) is 2.47. The molecule has 0 radical (unpaired) electrons. The topological polar surface area (TPSA) is 41.9 Å². The molecule has 4 nitrogen and oxygen atoms in total. The van der Waals surface area contributed by atoms with Gasteiger partial charge in [-0.3, -0.25) is 4.90 Å². The second-order valence-electron chi connectivity index (χ2n) is 6.13. The van der Waals surface area contributed by atoms with Crippen molar-refractivity contribution in [3.63, 3.8) is 0 Å². The zero-order chi connectivity index (χ0) is 14.7. The molecule has 0 unspecified atom stereocenters. The van der Waals surface area contributed by atoms with Crippen LogP contribution < -0.4 is 4.74 Å². The Kier molecular flexibility index (Phi) is 4.78. The lowest BCUT2D eigenvalue weighted by molar-refractivity contribution is -0.0536. The SMILES string of the molecule is COc1cccc(CN2CCOC[C@@H]2[C@@H]2CCC[C@@H]2O)c1. The van der Waals surface area contributed by atoms with Crippen LogP contribution in [0.5, 0.6) is 5.75 Å². The first-order valence-electron chi connectivity index (χ1n) is 7.90. The molecule has 1 saturated heterocycles. The summed E-state index contributed by atoms with van der Waals surface area (Å²) in [6, 6.07) is 8.58. The van der Waals surface area contributed by atoms with Crippen molar-refractivity contribution in [3.8, 4) is 5.75 Å². The molecular weight excluding hydrogens is 266 g/mol. The fourth-order valence-corrected chi connectivity index (χ4v) is 3.67. The number of aliphatic hydroxyl groups excluding tert-OH is 1. The predicted molar refractivity (Wildman–Crippen MR) is 81.4 cm³/mol. The molecule has 1 aliphatic heterocycles. The van der Waals surface area contributed by atoms with E-state index in [0.717, 1.165) is 51.3 Å². The number of rotatable bonds is 4. The first kappa shape index (κ1) is 14.8. The van der Waals surface area contributed by atoms with Gasteiger partial charge in [0, 0.05) is 25.0 Å². The smallest absolute Gasteiger partial charge is 0.119 e. The molecular formula is C17H25NO3. The summed E-state index contributed by atoms with van der Waals surface area (Å²) in [5.74, 6) is 1.26. The third kappa shape index (κ3) is 3.39. The largest absolute Gasteiger partial charge is 0.497 e. The van der Waals surface area contributed by atoms with E-state index >= 15 is 0 Å². The van der Waals surface area contributed by atoms with Crippen LogP contribution in [0.15, 0.2) is 24.3 Å². The van der Waals surface area contributed by atoms with Gasteiger partial charge in [0.25, 0.3) is 0 Å². The summed E-state index contributed by atoms with van der Waals surface area (Å²) in [5.41, 5.74) is 1.26. The Labute approximate surface area is 126 Å². The average molecular weight is 291 g/mol. The monoisotopic (exact) mass is 291 g/mol. The number of hydrogen-bond donors (Lipinski definition) is 1. The van der Waals surface area contributed by atoms with Crippen molar-refractivity contribution in [1.82, 2.24) is 4.90 Å². The lowest BCUT2D eigenvalue weighted by Crippen LogP contribution is -2.50. The Hall–Kier alpha value is -1.10. The van der Waals surface area contributed by atoms with E-state index in [4.69, 9.17) is 9.47 Å². The quantitative estimate of drug-likeness (QED) is 0.922. The minimum absolute atomic E-state index is 0.162. The van der Waals surface area contributed by atoms with Gasteiger partial charge in [-0.1, -0.05) is 18.6 Å². The van der Waals surface area contributed by atoms with Crippen LogP contribution in [0.2, 0.25) is 0 Å². The Morgan fingerprint density at radius 2 is 2.29 bits per heavy atom. The molecule has 0 aromatic heterocycles. The van der Waals surface area contributed by atoms with E-state index in [2.05, 4.69) is 17.0 Å². The van der Waals surface area contributed by atoms with Gasteiger partial charge in [-0.15, -0.1) is 0 Å². The molecule has 1 aromatic carbocycles. The summed E-state index contributed by atoms with van der Waals surface area (Å²) in [6.45, 7) is 3.36. The summed E-state index contributed by atoms with van der Waals surface area (Å²) < 4.78 is 11.0. The molecule has 0 amide bonds. The fourth-order valence-electron chi connectivity index (χ4n) is 3.67. The van der Waals surface area contributed by atoms with Crippen molar-refractivity contribution in [1.29, 1.82) is 0 Å². The Morgan fingerprint density at radius 3 is 3.05 bits per heavy atom. The van der Waals surface area contributed by atoms with Gasteiger partial charge in [0.05, 0.1) is 26.4 Å². The van der Waals surface area contributed by atoms with Crippen molar-refractivity contribution in [2.24, 2.45) is 5.92 Å². The van der Waals surface area contributed by atoms with E-state index in [0.29, 0.717) is 12.0 Å². The lowest BCUT2D eigenvalue weighted by Gasteiger charge is -2.40. The Bertz CT molecular complexity index is 465. The summed E-state index contributed by atoms with van der Waals surface area (Å²) in [6.07, 6.45) is 3.03. The molecule has 0 bridgehead atoms. The van der Waals surface area contributed by atoms with Crippen molar-refractivity contribution >= 4 is 0 Å². The van der Waals surface area contributed by atoms with Crippen molar-refractivity contribution in [3.05, 3.63) is 29.8 Å². The normalized spacial score (nSPS) is 30.5. The minimum atomic E-state index is -0.162. The third-order valence-corrected chi connectivity index (χ3v) is 4.83. The summed E-state index contributed by atoms with van der Waals surface area (Å²) in [7, 11) is 1.70. The summed E-state index contributed by atoms with van der Waals surface area (Å²) >= 11 is 0. The number of morpholine rings is 1. The molecule has 0 spiro atoms. The third-order valence-electron chi connectivity index (χ3n) is 4.83. The van der Waals surface area contributed by atoms with Crippen LogP contribution >= 0.6 is 0 Å². The maximum atomic E-state index is 10.2. The van der Waals surface area contributed by atoms with Crippen LogP contribution in [0.25, 0.3) is 0 Å². The Morgan fingerprint density at radius 1 is 1.38 bits per heavy atom. The molecule has 1 heterocycles. The van der Waals surface area contributed by atoms with Crippen LogP contribution in [0.4, 0.5) is 0 Å². The minimum Gasteiger partial charge on any atom is -0.497 e. The zero-order valence-electron chi connectivity index (χ0n) is 12.7. The Balaban J connectivity index is 1.71. The maximum Gasteiger partial charge on any atom is 0.119 e. The lowest BCUT2D eigenvalue weighted by atomic mass is 9.94. The number of nitrogens with zero attached hydrogens (tertiary/aromatic N) is 1. The number of hydrogen-bond acceptors (Lipinski definition) is 4. The maximum absolute atomic E-state index is 10.2. The summed E-state index contributed by atoms with van der Waals surface area (Å²) in [5, 5.41) is 10.2. The van der Waals surface area contributed by atoms with E-state index in [9.17, 15) is 5.11 Å². The zero-order valence-corrected chi connectivity index (χ0v) is 12.7. The molecule has 1 aromatic rings. The highest BCUT2D eigenvalue weighted by molar-refractivity contribution is 5.28. The molecule has 116 valence electrons. The van der Waals surface area contributed by atoms with Crippen LogP contribution in [0.3, 0.4) is 0 Å². The van der Waals surface area contributed by atoms with Crippen LogP contribution in [0.1, 0.15) is 24.8 Å². The molecule has 3 rings (SSSR count). The van der Waals surface area contributed by atoms with Gasteiger partial charge in [0.1, 0.15) is 5.75 Å². The molecule has 21 heavy (non-hydrogen) atoms. The highest BCUT2D eigenvalue weighted by Crippen LogP contribution is 2.33. The van der Waals surface area contributed by atoms with E-state index in [-0.39, 0.29) is 6.10 Å². The second kappa shape index (κ2) is 6.77. The van der Waals surface area contributed by atoms with Crippen molar-refractivity contribution in [2.75, 3.05) is 26.9 Å². The van der Waals surface area contributed by atoms with Gasteiger partial charge in [0.2, 0.25) is 0 Å². The van der Waals surface area contributed by atoms with E-state index in [1.807, 2.05) is 12.1 Å². The molecule has 1 aliphatic carbocycles. The standard InChI is InChI=1S/C17H25NO3/c1-20-14-5-2-4-13(10-14)11-18-8-9-21-12-16(18)15-6-3-7-17(15)19/h2,4-5,10,15-17,19H,3,6-9,11-12H2,1H3/t15-,16+,17-/m0/s1. The number of aliphatic hydroxyl groups is 1. The molecule has 4 heteroatoms. The van der Waals surface area contributed by atoms with Gasteiger partial charge in [0.15, 0.2) is 0 Å². The second-order valence-corrected chi connectivity index (χ2v) is 6.13. The molecule has 2 aliphatic rings. The van der Waals surface area contributed by atoms with Crippen LogP contribution in [-0.4, -0.2) is 49.0 Å². The highest BCUT2D eigenvalue weighted by atomic mass is 16.5. The van der Waals surface area contributed by atoms with Gasteiger partial charge in [-0.2, -0.15) is 0 Å². The number of ether oxygens (including phenoxy) is 2. The highest BCUT2D eigenvalue weighted by Gasteiger charge is 2.37. The molecule has 1 N–H and O–H groups in total. The van der Waals surface area contributed by atoms with Crippen LogP contribution in [-0.2, 0) is 11.3 Å².